The van der Waals surface area contributed by atoms with E-state index in [-0.39, 0.29) is 11.5 Å². The van der Waals surface area contributed by atoms with Gasteiger partial charge in [-0.25, -0.2) is 14.6 Å². The van der Waals surface area contributed by atoms with Gasteiger partial charge in [0.25, 0.3) is 0 Å². The topological polar surface area (TPSA) is 99.0 Å². The molecule has 9 heteroatoms. The van der Waals surface area contributed by atoms with Crippen molar-refractivity contribution in [2.75, 3.05) is 29.4 Å². The summed E-state index contributed by atoms with van der Waals surface area (Å²) in [7, 11) is 0. The van der Waals surface area contributed by atoms with Crippen molar-refractivity contribution in [3.05, 3.63) is 46.4 Å². The predicted octanol–water partition coefficient (Wildman–Crippen LogP) is 4.89. The minimum Gasteiger partial charge on any atom is -0.392 e. The average Bonchev–Trinajstić information content (AvgIpc) is 3.60. The van der Waals surface area contributed by atoms with Gasteiger partial charge in [-0.05, 0) is 51.7 Å². The van der Waals surface area contributed by atoms with Crippen molar-refractivity contribution in [1.29, 1.82) is 0 Å². The lowest BCUT2D eigenvalue weighted by Gasteiger charge is -2.43. The molecular formula is C31H40N8O. The highest BCUT2D eigenvalue weighted by Crippen LogP contribution is 2.42. The van der Waals surface area contributed by atoms with Gasteiger partial charge in [-0.15, -0.1) is 0 Å². The van der Waals surface area contributed by atoms with Gasteiger partial charge in [0.15, 0.2) is 5.82 Å². The lowest BCUT2D eigenvalue weighted by atomic mass is 9.81. The van der Waals surface area contributed by atoms with Crippen LogP contribution in [-0.4, -0.2) is 60.8 Å². The van der Waals surface area contributed by atoms with Crippen LogP contribution < -0.4 is 9.80 Å². The standard InChI is InChI=1S/C31H40N8O/c1-6-39-26(15-24(36-39)20-8-9-20)37-13-11-22-21(16-37)30(38-14-12-25(40)31(4,5)17-38)33-29(32-22)27-18(2)7-10-23-28(27)19(3)34-35-23/h7,10,15,20,25,40H,6,8-9,11-14,16-17H2,1-5H3,(H,34,35)/t25-/m1/s1. The minimum atomic E-state index is -0.318. The van der Waals surface area contributed by atoms with Gasteiger partial charge in [0.1, 0.15) is 11.6 Å². The Bertz CT molecular complexity index is 1600. The molecule has 3 aliphatic rings. The number of piperidine rings is 1. The maximum Gasteiger partial charge on any atom is 0.162 e. The average molecular weight is 541 g/mol. The number of benzene rings is 1. The molecule has 4 aromatic rings. The highest BCUT2D eigenvalue weighted by Gasteiger charge is 2.38. The Morgan fingerprint density at radius 1 is 1.07 bits per heavy atom. The Morgan fingerprint density at radius 3 is 2.65 bits per heavy atom. The van der Waals surface area contributed by atoms with E-state index >= 15 is 0 Å². The van der Waals surface area contributed by atoms with E-state index in [0.717, 1.165) is 90.6 Å². The van der Waals surface area contributed by atoms with Crippen LogP contribution in [0.25, 0.3) is 22.3 Å². The molecule has 1 aromatic carbocycles. The number of aryl methyl sites for hydroxylation is 3. The molecule has 1 atom stereocenters. The van der Waals surface area contributed by atoms with Gasteiger partial charge in [-0.1, -0.05) is 19.9 Å². The molecule has 1 aliphatic carbocycles. The number of nitrogens with one attached hydrogen (secondary N) is 1. The Morgan fingerprint density at radius 2 is 1.90 bits per heavy atom. The molecule has 2 fully saturated rings. The SMILES string of the molecule is CCn1nc(C2CC2)cc1N1CCc2nc(-c3c(C)ccc4[nH]nc(C)c34)nc(N3CC[C@@H](O)C(C)(C)C3)c2C1. The lowest BCUT2D eigenvalue weighted by Crippen LogP contribution is -2.49. The first-order chi connectivity index (χ1) is 19.2. The molecule has 0 spiro atoms. The molecule has 1 saturated carbocycles. The van der Waals surface area contributed by atoms with Crippen molar-refractivity contribution in [2.45, 2.75) is 85.4 Å². The third-order valence-electron chi connectivity index (χ3n) is 9.25. The first-order valence-corrected chi connectivity index (χ1v) is 14.8. The van der Waals surface area contributed by atoms with Crippen molar-refractivity contribution in [1.82, 2.24) is 29.9 Å². The molecule has 9 nitrogen and oxygen atoms in total. The number of aromatic nitrogens is 6. The van der Waals surface area contributed by atoms with Crippen LogP contribution >= 0.6 is 0 Å². The van der Waals surface area contributed by atoms with E-state index in [9.17, 15) is 5.11 Å². The monoisotopic (exact) mass is 540 g/mol. The van der Waals surface area contributed by atoms with E-state index in [2.05, 4.69) is 70.6 Å². The van der Waals surface area contributed by atoms with Gasteiger partial charge in [0.05, 0.1) is 28.7 Å². The third-order valence-corrected chi connectivity index (χ3v) is 9.25. The van der Waals surface area contributed by atoms with Gasteiger partial charge in [-0.2, -0.15) is 10.2 Å². The second-order valence-corrected chi connectivity index (χ2v) is 12.7. The molecule has 40 heavy (non-hydrogen) atoms. The highest BCUT2D eigenvalue weighted by atomic mass is 16.3. The van der Waals surface area contributed by atoms with Gasteiger partial charge in [-0.3, -0.25) is 5.10 Å². The van der Waals surface area contributed by atoms with Gasteiger partial charge >= 0.3 is 0 Å². The second kappa shape index (κ2) is 9.29. The number of fused-ring (bicyclic) bond motifs is 2. The van der Waals surface area contributed by atoms with E-state index < -0.39 is 0 Å². The van der Waals surface area contributed by atoms with Crippen LogP contribution in [0.3, 0.4) is 0 Å². The zero-order chi connectivity index (χ0) is 27.8. The summed E-state index contributed by atoms with van der Waals surface area (Å²) in [6, 6.07) is 6.53. The first-order valence-electron chi connectivity index (χ1n) is 14.8. The van der Waals surface area contributed by atoms with E-state index in [1.54, 1.807) is 0 Å². The molecule has 2 aliphatic heterocycles. The van der Waals surface area contributed by atoms with E-state index in [1.807, 2.05) is 6.92 Å². The summed E-state index contributed by atoms with van der Waals surface area (Å²) in [6.45, 7) is 14.7. The van der Waals surface area contributed by atoms with Crippen molar-refractivity contribution in [3.8, 4) is 11.4 Å². The van der Waals surface area contributed by atoms with E-state index in [1.165, 1.54) is 29.9 Å². The molecule has 210 valence electrons. The Hall–Kier alpha value is -3.46. The Labute approximate surface area is 235 Å². The zero-order valence-electron chi connectivity index (χ0n) is 24.3. The highest BCUT2D eigenvalue weighted by molar-refractivity contribution is 5.96. The number of nitrogens with zero attached hydrogens (tertiary/aromatic N) is 7. The first kappa shape index (κ1) is 25.5. The number of H-pyrrole nitrogens is 1. The smallest absolute Gasteiger partial charge is 0.162 e. The van der Waals surface area contributed by atoms with Gasteiger partial charge in [0, 0.05) is 73.1 Å². The zero-order valence-corrected chi connectivity index (χ0v) is 24.3. The van der Waals surface area contributed by atoms with Crippen LogP contribution in [0.1, 0.15) is 74.2 Å². The summed E-state index contributed by atoms with van der Waals surface area (Å²) < 4.78 is 2.17. The Kier molecular flexibility index (Phi) is 5.93. The lowest BCUT2D eigenvalue weighted by molar-refractivity contribution is 0.0333. The van der Waals surface area contributed by atoms with E-state index in [4.69, 9.17) is 15.1 Å². The molecule has 7 rings (SSSR count). The van der Waals surface area contributed by atoms with Crippen molar-refractivity contribution in [2.24, 2.45) is 5.41 Å². The number of anilines is 2. The molecule has 0 radical (unpaired) electrons. The quantitative estimate of drug-likeness (QED) is 0.372. The maximum absolute atomic E-state index is 10.7. The van der Waals surface area contributed by atoms with Crippen molar-refractivity contribution < 1.29 is 5.11 Å². The molecule has 3 aromatic heterocycles. The number of rotatable bonds is 5. The van der Waals surface area contributed by atoms with Crippen LogP contribution in [-0.2, 0) is 19.5 Å². The fraction of sp³-hybridized carbons (Fsp3) is 0.548. The molecule has 5 heterocycles. The van der Waals surface area contributed by atoms with Crippen LogP contribution in [0.4, 0.5) is 11.6 Å². The number of hydrogen-bond donors (Lipinski definition) is 2. The molecule has 1 saturated heterocycles. The number of hydrogen-bond acceptors (Lipinski definition) is 7. The van der Waals surface area contributed by atoms with Crippen LogP contribution in [0.2, 0.25) is 0 Å². The van der Waals surface area contributed by atoms with E-state index in [0.29, 0.717) is 5.92 Å². The molecule has 0 amide bonds. The second-order valence-electron chi connectivity index (χ2n) is 12.7. The largest absolute Gasteiger partial charge is 0.392 e. The van der Waals surface area contributed by atoms with Gasteiger partial charge in [0.2, 0.25) is 0 Å². The van der Waals surface area contributed by atoms with Crippen molar-refractivity contribution in [3.63, 3.8) is 0 Å². The summed E-state index contributed by atoms with van der Waals surface area (Å²) in [4.78, 5) is 15.5. The predicted molar refractivity (Wildman–Crippen MR) is 158 cm³/mol. The summed E-state index contributed by atoms with van der Waals surface area (Å²) in [5.41, 5.74) is 7.52. The molecular weight excluding hydrogens is 500 g/mol. The van der Waals surface area contributed by atoms with Crippen LogP contribution in [0.15, 0.2) is 18.2 Å². The van der Waals surface area contributed by atoms with Crippen LogP contribution in [0, 0.1) is 19.3 Å². The number of aliphatic hydroxyl groups excluding tert-OH is 1. The summed E-state index contributed by atoms with van der Waals surface area (Å²) in [5.74, 6) is 3.61. The summed E-state index contributed by atoms with van der Waals surface area (Å²) in [6.07, 6.45) is 3.77. The molecule has 0 bridgehead atoms. The normalized spacial score (nSPS) is 20.8. The molecule has 0 unspecified atom stereocenters. The van der Waals surface area contributed by atoms with Gasteiger partial charge < -0.3 is 14.9 Å². The number of aliphatic hydroxyl groups is 1. The fourth-order valence-corrected chi connectivity index (χ4v) is 6.65. The third kappa shape index (κ3) is 4.17. The Balaban J connectivity index is 1.35. The summed E-state index contributed by atoms with van der Waals surface area (Å²) >= 11 is 0. The fourth-order valence-electron chi connectivity index (χ4n) is 6.65. The van der Waals surface area contributed by atoms with Crippen LogP contribution in [0.5, 0.6) is 0 Å². The minimum absolute atomic E-state index is 0.221. The molecule has 2 N–H and O–H groups in total. The maximum atomic E-state index is 10.7. The summed E-state index contributed by atoms with van der Waals surface area (Å²) in [5, 5.41) is 24.5. The van der Waals surface area contributed by atoms with Crippen molar-refractivity contribution >= 4 is 22.5 Å². The number of aromatic amines is 1.